The first kappa shape index (κ1) is 13.0. The molecule has 0 bridgehead atoms. The second kappa shape index (κ2) is 5.31. The zero-order chi connectivity index (χ0) is 11.5. The maximum Gasteiger partial charge on any atom is 0.0499 e. The van der Waals surface area contributed by atoms with E-state index in [0.717, 1.165) is 25.3 Å². The van der Waals surface area contributed by atoms with Gasteiger partial charge in [-0.3, -0.25) is 4.90 Å². The Morgan fingerprint density at radius 3 is 2.20 bits per heavy atom. The molecule has 2 atom stereocenters. The minimum Gasteiger partial charge on any atom is -0.396 e. The molecule has 90 valence electrons. The SMILES string of the molecule is CCC(CC)(CO)CN1CC(C)CC1C. The van der Waals surface area contributed by atoms with Crippen LogP contribution >= 0.6 is 0 Å². The van der Waals surface area contributed by atoms with Gasteiger partial charge >= 0.3 is 0 Å². The van der Waals surface area contributed by atoms with Crippen LogP contribution in [-0.4, -0.2) is 35.7 Å². The fourth-order valence-corrected chi connectivity index (χ4v) is 2.78. The largest absolute Gasteiger partial charge is 0.396 e. The molecule has 0 aliphatic carbocycles. The Labute approximate surface area is 94.7 Å². The van der Waals surface area contributed by atoms with Crippen LogP contribution in [-0.2, 0) is 0 Å². The van der Waals surface area contributed by atoms with E-state index in [1.807, 2.05) is 0 Å². The molecule has 0 amide bonds. The summed E-state index contributed by atoms with van der Waals surface area (Å²) in [5.41, 5.74) is 0.137. The monoisotopic (exact) mass is 213 g/mol. The maximum absolute atomic E-state index is 9.56. The van der Waals surface area contributed by atoms with Crippen LogP contribution in [0.25, 0.3) is 0 Å². The molecule has 1 aliphatic rings. The van der Waals surface area contributed by atoms with Crippen molar-refractivity contribution in [3.05, 3.63) is 0 Å². The van der Waals surface area contributed by atoms with Crippen LogP contribution in [0.15, 0.2) is 0 Å². The summed E-state index contributed by atoms with van der Waals surface area (Å²) in [5, 5.41) is 9.56. The first-order valence-electron chi connectivity index (χ1n) is 6.41. The van der Waals surface area contributed by atoms with Crippen molar-refractivity contribution >= 4 is 0 Å². The van der Waals surface area contributed by atoms with Gasteiger partial charge in [0.1, 0.15) is 0 Å². The molecule has 0 radical (unpaired) electrons. The smallest absolute Gasteiger partial charge is 0.0499 e. The van der Waals surface area contributed by atoms with Crippen molar-refractivity contribution < 1.29 is 5.11 Å². The summed E-state index contributed by atoms with van der Waals surface area (Å²) in [6.45, 7) is 11.7. The lowest BCUT2D eigenvalue weighted by molar-refractivity contribution is 0.0624. The zero-order valence-corrected chi connectivity index (χ0v) is 10.8. The average Bonchev–Trinajstić information content (AvgIpc) is 2.54. The third kappa shape index (κ3) is 2.94. The molecule has 1 heterocycles. The lowest BCUT2D eigenvalue weighted by Crippen LogP contribution is -2.41. The Morgan fingerprint density at radius 2 is 1.87 bits per heavy atom. The molecule has 0 aromatic carbocycles. The van der Waals surface area contributed by atoms with Gasteiger partial charge in [0.05, 0.1) is 0 Å². The topological polar surface area (TPSA) is 23.5 Å². The van der Waals surface area contributed by atoms with Crippen LogP contribution in [0.4, 0.5) is 0 Å². The maximum atomic E-state index is 9.56. The summed E-state index contributed by atoms with van der Waals surface area (Å²) >= 11 is 0. The fourth-order valence-electron chi connectivity index (χ4n) is 2.78. The molecular weight excluding hydrogens is 186 g/mol. The number of hydrogen-bond donors (Lipinski definition) is 1. The van der Waals surface area contributed by atoms with Crippen LogP contribution < -0.4 is 0 Å². The number of likely N-dealkylation sites (tertiary alicyclic amines) is 1. The average molecular weight is 213 g/mol. The van der Waals surface area contributed by atoms with Crippen molar-refractivity contribution in [2.24, 2.45) is 11.3 Å². The molecule has 0 aromatic heterocycles. The third-order valence-corrected chi connectivity index (χ3v) is 4.29. The molecule has 0 aromatic rings. The summed E-state index contributed by atoms with van der Waals surface area (Å²) in [5.74, 6) is 0.824. The molecule has 1 fully saturated rings. The first-order chi connectivity index (χ1) is 7.06. The van der Waals surface area contributed by atoms with Gasteiger partial charge in [-0.1, -0.05) is 20.8 Å². The Morgan fingerprint density at radius 1 is 1.27 bits per heavy atom. The number of nitrogens with zero attached hydrogens (tertiary/aromatic N) is 1. The van der Waals surface area contributed by atoms with Crippen molar-refractivity contribution in [1.29, 1.82) is 0 Å². The Balaban J connectivity index is 2.58. The van der Waals surface area contributed by atoms with E-state index >= 15 is 0 Å². The second-order valence-electron chi connectivity index (χ2n) is 5.48. The van der Waals surface area contributed by atoms with E-state index in [-0.39, 0.29) is 5.41 Å². The molecule has 15 heavy (non-hydrogen) atoms. The van der Waals surface area contributed by atoms with Gasteiger partial charge in [-0.15, -0.1) is 0 Å². The van der Waals surface area contributed by atoms with Crippen molar-refractivity contribution in [2.75, 3.05) is 19.7 Å². The molecule has 1 aliphatic heterocycles. The summed E-state index contributed by atoms with van der Waals surface area (Å²) in [6, 6.07) is 0.698. The summed E-state index contributed by atoms with van der Waals surface area (Å²) in [7, 11) is 0. The predicted octanol–water partition coefficient (Wildman–Crippen LogP) is 2.52. The predicted molar refractivity (Wildman–Crippen MR) is 64.9 cm³/mol. The van der Waals surface area contributed by atoms with E-state index in [1.165, 1.54) is 13.0 Å². The summed E-state index contributed by atoms with van der Waals surface area (Å²) in [6.07, 6.45) is 3.48. The van der Waals surface area contributed by atoms with Crippen molar-refractivity contribution in [3.63, 3.8) is 0 Å². The van der Waals surface area contributed by atoms with Gasteiger partial charge in [0.25, 0.3) is 0 Å². The standard InChI is InChI=1S/C13H27NO/c1-5-13(6-2,10-15)9-14-8-11(3)7-12(14)4/h11-12,15H,5-10H2,1-4H3. The van der Waals surface area contributed by atoms with E-state index in [0.29, 0.717) is 12.6 Å². The Hall–Kier alpha value is -0.0800. The van der Waals surface area contributed by atoms with Crippen LogP contribution in [0, 0.1) is 11.3 Å². The third-order valence-electron chi connectivity index (χ3n) is 4.29. The number of rotatable bonds is 5. The van der Waals surface area contributed by atoms with Crippen LogP contribution in [0.5, 0.6) is 0 Å². The molecule has 0 spiro atoms. The van der Waals surface area contributed by atoms with Crippen LogP contribution in [0.2, 0.25) is 0 Å². The molecule has 2 unspecified atom stereocenters. The molecule has 1 rings (SSSR count). The lowest BCUT2D eigenvalue weighted by atomic mass is 9.82. The van der Waals surface area contributed by atoms with Gasteiger partial charge in [0.15, 0.2) is 0 Å². The van der Waals surface area contributed by atoms with Gasteiger partial charge in [-0.25, -0.2) is 0 Å². The lowest BCUT2D eigenvalue weighted by Gasteiger charge is -2.36. The van der Waals surface area contributed by atoms with Gasteiger partial charge in [0.2, 0.25) is 0 Å². The molecule has 2 nitrogen and oxygen atoms in total. The van der Waals surface area contributed by atoms with Gasteiger partial charge in [-0.2, -0.15) is 0 Å². The zero-order valence-electron chi connectivity index (χ0n) is 10.8. The highest BCUT2D eigenvalue weighted by Crippen LogP contribution is 2.31. The van der Waals surface area contributed by atoms with Crippen molar-refractivity contribution in [2.45, 2.75) is 53.0 Å². The van der Waals surface area contributed by atoms with Gasteiger partial charge in [0, 0.05) is 31.2 Å². The van der Waals surface area contributed by atoms with E-state index in [1.54, 1.807) is 0 Å². The van der Waals surface area contributed by atoms with Gasteiger partial charge < -0.3 is 5.11 Å². The highest BCUT2D eigenvalue weighted by molar-refractivity contribution is 4.87. The Bertz CT molecular complexity index is 181. The first-order valence-corrected chi connectivity index (χ1v) is 6.41. The summed E-state index contributed by atoms with van der Waals surface area (Å²) in [4.78, 5) is 2.56. The highest BCUT2D eigenvalue weighted by atomic mass is 16.3. The van der Waals surface area contributed by atoms with E-state index < -0.39 is 0 Å². The van der Waals surface area contributed by atoms with Crippen LogP contribution in [0.1, 0.15) is 47.0 Å². The number of hydrogen-bond acceptors (Lipinski definition) is 2. The minimum absolute atomic E-state index is 0.137. The second-order valence-corrected chi connectivity index (χ2v) is 5.48. The minimum atomic E-state index is 0.137. The normalized spacial score (nSPS) is 28.6. The molecule has 2 heteroatoms. The van der Waals surface area contributed by atoms with Gasteiger partial charge in [-0.05, 0) is 32.1 Å². The molecule has 1 N–H and O–H groups in total. The molecule has 1 saturated heterocycles. The van der Waals surface area contributed by atoms with Crippen LogP contribution in [0.3, 0.4) is 0 Å². The molecular formula is C13H27NO. The summed E-state index contributed by atoms with van der Waals surface area (Å²) < 4.78 is 0. The fraction of sp³-hybridized carbons (Fsp3) is 1.00. The molecule has 0 saturated carbocycles. The number of aliphatic hydroxyl groups is 1. The van der Waals surface area contributed by atoms with E-state index in [4.69, 9.17) is 0 Å². The highest BCUT2D eigenvalue weighted by Gasteiger charge is 2.33. The number of aliphatic hydroxyl groups excluding tert-OH is 1. The quantitative estimate of drug-likeness (QED) is 0.758. The van der Waals surface area contributed by atoms with Crippen molar-refractivity contribution in [1.82, 2.24) is 4.90 Å². The van der Waals surface area contributed by atoms with E-state index in [2.05, 4.69) is 32.6 Å². The van der Waals surface area contributed by atoms with E-state index in [9.17, 15) is 5.11 Å². The Kier molecular flexibility index (Phi) is 4.60. The van der Waals surface area contributed by atoms with Crippen molar-refractivity contribution in [3.8, 4) is 0 Å².